The molecule has 0 saturated carbocycles. The van der Waals surface area contributed by atoms with E-state index in [1.54, 1.807) is 23.5 Å². The Balaban J connectivity index is 1.25. The van der Waals surface area contributed by atoms with Crippen LogP contribution in [0.2, 0.25) is 0 Å². The summed E-state index contributed by atoms with van der Waals surface area (Å²) in [4.78, 5) is 30.2. The van der Waals surface area contributed by atoms with Crippen molar-refractivity contribution in [2.24, 2.45) is 11.8 Å². The second kappa shape index (κ2) is 19.1. The van der Waals surface area contributed by atoms with E-state index in [1.165, 1.54) is 55.9 Å². The fourth-order valence-electron chi connectivity index (χ4n) is 6.95. The molecule has 0 amide bonds. The topological polar surface area (TPSA) is 99.9 Å². The molecule has 2 unspecified atom stereocenters. The Labute approximate surface area is 338 Å². The van der Waals surface area contributed by atoms with Crippen LogP contribution in [0, 0.1) is 23.2 Å². The van der Waals surface area contributed by atoms with E-state index in [-0.39, 0.29) is 11.4 Å². The number of carboxylic acid groups (broad SMARTS) is 1. The number of benzene rings is 3. The first-order valence-corrected chi connectivity index (χ1v) is 21.4. The molecule has 0 saturated heterocycles. The normalized spacial score (nSPS) is 13.1. The second-order valence-corrected chi connectivity index (χ2v) is 16.5. The summed E-state index contributed by atoms with van der Waals surface area (Å²) in [6.45, 7) is 10.4. The summed E-state index contributed by atoms with van der Waals surface area (Å²) >= 11 is 2.88. The maximum absolute atomic E-state index is 13.4. The maximum atomic E-state index is 13.4. The van der Waals surface area contributed by atoms with Crippen LogP contribution in [-0.2, 0) is 4.79 Å². The number of carbonyl (C=O) groups is 2. The van der Waals surface area contributed by atoms with Crippen LogP contribution in [0.5, 0.6) is 11.5 Å². The lowest BCUT2D eigenvalue weighted by atomic mass is 10.0. The van der Waals surface area contributed by atoms with Crippen molar-refractivity contribution in [1.29, 1.82) is 5.26 Å². The average molecular weight is 787 g/mol. The predicted molar refractivity (Wildman–Crippen MR) is 230 cm³/mol. The number of thiophene rings is 2. The lowest BCUT2D eigenvalue weighted by molar-refractivity contribution is -0.132. The number of nitriles is 1. The van der Waals surface area contributed by atoms with Gasteiger partial charge in [0, 0.05) is 37.9 Å². The zero-order valence-electron chi connectivity index (χ0n) is 32.7. The molecule has 2 atom stereocenters. The van der Waals surface area contributed by atoms with Crippen LogP contribution in [-0.4, -0.2) is 30.1 Å². The van der Waals surface area contributed by atoms with Gasteiger partial charge in [-0.25, -0.2) is 4.79 Å². The van der Waals surface area contributed by atoms with Gasteiger partial charge in [0.2, 0.25) is 0 Å². The second-order valence-electron chi connectivity index (χ2n) is 14.4. The molecule has 0 fully saturated rings. The van der Waals surface area contributed by atoms with Gasteiger partial charge in [-0.1, -0.05) is 78.4 Å². The standard InChI is InChI=1S/C47H50N2O5S2/c1-5-9-11-31(7-3)29-53-38-21-17-36(18-22-38)49(37-19-23-39(24-20-37)54-30-32(8-4)12-10-6-2)35-15-13-33(14-16-35)43-27-42-44(50)41-26-40(25-34(28-48)47(51)52)55-45(41)46(42)56-43/h13-27,31-32H,5-12,29-30H2,1-4H3,(H,51,52). The number of aliphatic carboxylic acids is 1. The number of ketones is 1. The van der Waals surface area contributed by atoms with Gasteiger partial charge in [-0.05, 0) is 109 Å². The number of carbonyl (C=O) groups excluding carboxylic acids is 1. The van der Waals surface area contributed by atoms with E-state index in [0.717, 1.165) is 74.8 Å². The highest BCUT2D eigenvalue weighted by atomic mass is 32.1. The number of nitrogens with zero attached hydrogens (tertiary/aromatic N) is 2. The third-order valence-corrected chi connectivity index (χ3v) is 12.9. The number of ether oxygens (including phenoxy) is 2. The van der Waals surface area contributed by atoms with E-state index < -0.39 is 5.97 Å². The molecule has 0 radical (unpaired) electrons. The third-order valence-electron chi connectivity index (χ3n) is 10.5. The number of fused-ring (bicyclic) bond motifs is 3. The molecule has 0 aliphatic heterocycles. The highest BCUT2D eigenvalue weighted by molar-refractivity contribution is 7.25. The maximum Gasteiger partial charge on any atom is 0.346 e. The summed E-state index contributed by atoms with van der Waals surface area (Å²) < 4.78 is 12.5. The molecule has 1 N–H and O–H groups in total. The van der Waals surface area contributed by atoms with Gasteiger partial charge in [0.1, 0.15) is 23.1 Å². The van der Waals surface area contributed by atoms with E-state index in [9.17, 15) is 20.0 Å². The fraction of sp³-hybridized carbons (Fsp3) is 0.340. The number of rotatable bonds is 20. The van der Waals surface area contributed by atoms with Crippen molar-refractivity contribution in [2.45, 2.75) is 79.1 Å². The fourth-order valence-corrected chi connectivity index (χ4v) is 9.37. The molecular formula is C47H50N2O5S2. The van der Waals surface area contributed by atoms with Crippen molar-refractivity contribution in [3.63, 3.8) is 0 Å². The summed E-state index contributed by atoms with van der Waals surface area (Å²) in [5, 5.41) is 18.5. The van der Waals surface area contributed by atoms with Crippen molar-refractivity contribution in [2.75, 3.05) is 18.1 Å². The smallest absolute Gasteiger partial charge is 0.346 e. The monoisotopic (exact) mass is 786 g/mol. The Kier molecular flexibility index (Phi) is 13.8. The lowest BCUT2D eigenvalue weighted by Gasteiger charge is -2.26. The minimum Gasteiger partial charge on any atom is -0.493 e. The first kappa shape index (κ1) is 40.5. The van der Waals surface area contributed by atoms with E-state index in [2.05, 4.69) is 105 Å². The van der Waals surface area contributed by atoms with Gasteiger partial charge < -0.3 is 19.5 Å². The third kappa shape index (κ3) is 9.43. The van der Waals surface area contributed by atoms with Crippen molar-refractivity contribution in [1.82, 2.24) is 0 Å². The van der Waals surface area contributed by atoms with E-state index in [0.29, 0.717) is 27.8 Å². The lowest BCUT2D eigenvalue weighted by Crippen LogP contribution is -2.12. The Morgan fingerprint density at radius 2 is 1.23 bits per heavy atom. The molecule has 6 rings (SSSR count). The summed E-state index contributed by atoms with van der Waals surface area (Å²) in [5.41, 5.74) is 4.82. The van der Waals surface area contributed by atoms with Crippen molar-refractivity contribution in [3.8, 4) is 37.8 Å². The number of hydrogen-bond acceptors (Lipinski definition) is 8. The number of hydrogen-bond donors (Lipinski definition) is 1. The van der Waals surface area contributed by atoms with Crippen LogP contribution in [0.3, 0.4) is 0 Å². The number of unbranched alkanes of at least 4 members (excludes halogenated alkanes) is 2. The molecule has 5 aromatic rings. The number of anilines is 3. The van der Waals surface area contributed by atoms with Gasteiger partial charge >= 0.3 is 5.97 Å². The van der Waals surface area contributed by atoms with Crippen molar-refractivity contribution in [3.05, 3.63) is 107 Å². The SMILES string of the molecule is CCCCC(CC)COc1ccc(N(c2ccc(OCC(CC)CCCC)cc2)c2ccc(-c3cc4c(s3)-c3sc(C=C(C#N)C(=O)O)cc3C4=O)cc2)cc1. The summed E-state index contributed by atoms with van der Waals surface area (Å²) in [6.07, 6.45) is 10.7. The molecule has 1 aliphatic carbocycles. The van der Waals surface area contributed by atoms with Gasteiger partial charge in [0.15, 0.2) is 5.78 Å². The van der Waals surface area contributed by atoms with Crippen LogP contribution in [0.15, 0.2) is 90.5 Å². The average Bonchev–Trinajstić information content (AvgIpc) is 3.91. The molecule has 9 heteroatoms. The Bertz CT molecular complexity index is 2110. The Morgan fingerprint density at radius 3 is 1.70 bits per heavy atom. The van der Waals surface area contributed by atoms with Crippen LogP contribution in [0.4, 0.5) is 17.1 Å². The zero-order chi connectivity index (χ0) is 39.6. The molecule has 0 spiro atoms. The first-order chi connectivity index (χ1) is 27.3. The van der Waals surface area contributed by atoms with Crippen molar-refractivity contribution >= 4 is 57.6 Å². The van der Waals surface area contributed by atoms with Crippen LogP contribution >= 0.6 is 22.7 Å². The molecule has 0 bridgehead atoms. The molecule has 2 aromatic heterocycles. The largest absolute Gasteiger partial charge is 0.493 e. The quantitative estimate of drug-likeness (QED) is 0.0607. The van der Waals surface area contributed by atoms with Gasteiger partial charge in [-0.15, -0.1) is 22.7 Å². The Hall–Kier alpha value is -5.17. The summed E-state index contributed by atoms with van der Waals surface area (Å²) in [7, 11) is 0. The highest BCUT2D eigenvalue weighted by Crippen LogP contribution is 2.49. The molecule has 1 aliphatic rings. The van der Waals surface area contributed by atoms with Gasteiger partial charge in [-0.2, -0.15) is 5.26 Å². The van der Waals surface area contributed by atoms with E-state index in [1.807, 2.05) is 6.07 Å². The van der Waals surface area contributed by atoms with Crippen LogP contribution in [0.1, 0.15) is 99.9 Å². The molecule has 7 nitrogen and oxygen atoms in total. The molecule has 3 aromatic carbocycles. The molecular weight excluding hydrogens is 737 g/mol. The van der Waals surface area contributed by atoms with Crippen LogP contribution < -0.4 is 14.4 Å². The van der Waals surface area contributed by atoms with Gasteiger partial charge in [0.25, 0.3) is 0 Å². The highest BCUT2D eigenvalue weighted by Gasteiger charge is 2.32. The minimum absolute atomic E-state index is 0.0813. The van der Waals surface area contributed by atoms with Gasteiger partial charge in [0.05, 0.1) is 23.0 Å². The molecule has 2 heterocycles. The van der Waals surface area contributed by atoms with Crippen molar-refractivity contribution < 1.29 is 24.2 Å². The Morgan fingerprint density at radius 1 is 0.750 bits per heavy atom. The predicted octanol–water partition coefficient (Wildman–Crippen LogP) is 13.3. The minimum atomic E-state index is -1.29. The zero-order valence-corrected chi connectivity index (χ0v) is 34.3. The van der Waals surface area contributed by atoms with Gasteiger partial charge in [-0.3, -0.25) is 4.79 Å². The summed E-state index contributed by atoms with van der Waals surface area (Å²) in [5.74, 6) is 1.46. The van der Waals surface area contributed by atoms with Crippen LogP contribution in [0.25, 0.3) is 26.3 Å². The van der Waals surface area contributed by atoms with E-state index in [4.69, 9.17) is 9.47 Å². The summed E-state index contributed by atoms with van der Waals surface area (Å²) in [6, 6.07) is 30.3. The molecule has 56 heavy (non-hydrogen) atoms. The first-order valence-electron chi connectivity index (χ1n) is 19.8. The number of carboxylic acids is 1. The van der Waals surface area contributed by atoms with E-state index >= 15 is 0 Å². The molecule has 290 valence electrons.